The minimum Gasteiger partial charge on any atom is -0.464 e. The molecule has 1 atom stereocenters. The summed E-state index contributed by atoms with van der Waals surface area (Å²) in [6, 6.07) is 4.24. The molecule has 0 bridgehead atoms. The van der Waals surface area contributed by atoms with Crippen LogP contribution in [0.25, 0.3) is 11.0 Å². The van der Waals surface area contributed by atoms with Gasteiger partial charge in [-0.2, -0.15) is 0 Å². The zero-order valence-electron chi connectivity index (χ0n) is 14.1. The molecule has 1 aliphatic heterocycles. The van der Waals surface area contributed by atoms with Crippen molar-refractivity contribution < 1.29 is 13.9 Å². The first-order valence-corrected chi connectivity index (χ1v) is 8.43. The lowest BCUT2D eigenvalue weighted by Gasteiger charge is -2.11. The van der Waals surface area contributed by atoms with Crippen LogP contribution in [0.4, 0.5) is 0 Å². The maximum Gasteiger partial charge on any atom is 0.224 e. The maximum atomic E-state index is 12.2. The quantitative estimate of drug-likeness (QED) is 0.915. The van der Waals surface area contributed by atoms with E-state index in [4.69, 9.17) is 9.15 Å². The van der Waals surface area contributed by atoms with Gasteiger partial charge in [-0.1, -0.05) is 13.8 Å². The number of benzene rings is 1. The number of furan rings is 1. The first-order chi connectivity index (χ1) is 11.0. The van der Waals surface area contributed by atoms with Crippen LogP contribution in [0.15, 0.2) is 22.8 Å². The number of rotatable bonds is 5. The Morgan fingerprint density at radius 2 is 2.22 bits per heavy atom. The Balaban J connectivity index is 1.71. The lowest BCUT2D eigenvalue weighted by atomic mass is 9.95. The smallest absolute Gasteiger partial charge is 0.224 e. The van der Waals surface area contributed by atoms with Gasteiger partial charge in [0.05, 0.1) is 18.8 Å². The van der Waals surface area contributed by atoms with Gasteiger partial charge in [0.25, 0.3) is 0 Å². The van der Waals surface area contributed by atoms with E-state index in [0.29, 0.717) is 18.9 Å². The standard InChI is InChI=1S/C19H25NO3/c1-12(2)16-9-17-14(11-23-18(17)7-13(16)3)8-19(21)20-10-15-5-4-6-22-15/h7,9,11-12,15H,4-6,8,10H2,1-3H3,(H,20,21). The molecule has 1 unspecified atom stereocenters. The fourth-order valence-electron chi connectivity index (χ4n) is 3.27. The van der Waals surface area contributed by atoms with E-state index >= 15 is 0 Å². The molecular formula is C19H25NO3. The minimum absolute atomic E-state index is 0.0230. The number of aryl methyl sites for hydroxylation is 1. The molecule has 0 saturated carbocycles. The lowest BCUT2D eigenvalue weighted by molar-refractivity contribution is -0.120. The first-order valence-electron chi connectivity index (χ1n) is 8.43. The molecule has 124 valence electrons. The second kappa shape index (κ2) is 6.75. The molecule has 1 aromatic carbocycles. The van der Waals surface area contributed by atoms with Gasteiger partial charge in [-0.05, 0) is 48.9 Å². The molecule has 2 aromatic rings. The first kappa shape index (κ1) is 16.1. The minimum atomic E-state index is 0.0230. The van der Waals surface area contributed by atoms with Gasteiger partial charge in [0, 0.05) is 24.1 Å². The molecule has 23 heavy (non-hydrogen) atoms. The van der Waals surface area contributed by atoms with E-state index in [-0.39, 0.29) is 12.0 Å². The van der Waals surface area contributed by atoms with Crippen LogP contribution in [-0.4, -0.2) is 25.2 Å². The van der Waals surface area contributed by atoms with Crippen LogP contribution in [-0.2, 0) is 16.0 Å². The third-order valence-electron chi connectivity index (χ3n) is 4.57. The van der Waals surface area contributed by atoms with Gasteiger partial charge in [-0.3, -0.25) is 4.79 Å². The van der Waals surface area contributed by atoms with Crippen LogP contribution in [0.1, 0.15) is 49.3 Å². The summed E-state index contributed by atoms with van der Waals surface area (Å²) in [5.41, 5.74) is 4.34. The van der Waals surface area contributed by atoms with Crippen LogP contribution in [0.5, 0.6) is 0 Å². The summed E-state index contributed by atoms with van der Waals surface area (Å²) in [7, 11) is 0. The molecule has 1 aromatic heterocycles. The van der Waals surface area contributed by atoms with Crippen molar-refractivity contribution in [1.82, 2.24) is 5.32 Å². The molecule has 1 saturated heterocycles. The Bertz CT molecular complexity index is 696. The zero-order valence-corrected chi connectivity index (χ0v) is 14.1. The highest BCUT2D eigenvalue weighted by atomic mass is 16.5. The van der Waals surface area contributed by atoms with E-state index in [2.05, 4.69) is 38.2 Å². The Labute approximate surface area is 137 Å². The number of hydrogen-bond acceptors (Lipinski definition) is 3. The highest BCUT2D eigenvalue weighted by Crippen LogP contribution is 2.29. The molecule has 1 amide bonds. The second-order valence-electron chi connectivity index (χ2n) is 6.74. The monoisotopic (exact) mass is 315 g/mol. The summed E-state index contributed by atoms with van der Waals surface area (Å²) in [4.78, 5) is 12.2. The van der Waals surface area contributed by atoms with Crippen LogP contribution < -0.4 is 5.32 Å². The van der Waals surface area contributed by atoms with E-state index < -0.39 is 0 Å². The highest BCUT2D eigenvalue weighted by Gasteiger charge is 2.17. The van der Waals surface area contributed by atoms with E-state index in [1.807, 2.05) is 0 Å². The number of amides is 1. The summed E-state index contributed by atoms with van der Waals surface area (Å²) in [6.07, 6.45) is 4.35. The number of ether oxygens (including phenoxy) is 1. The fourth-order valence-corrected chi connectivity index (χ4v) is 3.27. The molecule has 0 spiro atoms. The van der Waals surface area contributed by atoms with E-state index in [1.54, 1.807) is 6.26 Å². The van der Waals surface area contributed by atoms with Gasteiger partial charge < -0.3 is 14.5 Å². The molecule has 2 heterocycles. The topological polar surface area (TPSA) is 51.5 Å². The molecule has 1 aliphatic rings. The number of hydrogen-bond donors (Lipinski definition) is 1. The second-order valence-corrected chi connectivity index (χ2v) is 6.74. The van der Waals surface area contributed by atoms with Crippen LogP contribution >= 0.6 is 0 Å². The molecule has 4 heteroatoms. The van der Waals surface area contributed by atoms with Crippen LogP contribution in [0.2, 0.25) is 0 Å². The normalized spacial score (nSPS) is 18.0. The SMILES string of the molecule is Cc1cc2occ(CC(=O)NCC3CCCO3)c2cc1C(C)C. The van der Waals surface area contributed by atoms with Crippen LogP contribution in [0, 0.1) is 6.92 Å². The van der Waals surface area contributed by atoms with Gasteiger partial charge in [-0.15, -0.1) is 0 Å². The number of carbonyl (C=O) groups excluding carboxylic acids is 1. The largest absolute Gasteiger partial charge is 0.464 e. The number of fused-ring (bicyclic) bond motifs is 1. The molecule has 0 radical (unpaired) electrons. The average Bonchev–Trinajstić information content (AvgIpc) is 3.14. The zero-order chi connectivity index (χ0) is 16.4. The maximum absolute atomic E-state index is 12.2. The Hall–Kier alpha value is -1.81. The summed E-state index contributed by atoms with van der Waals surface area (Å²) in [5.74, 6) is 0.477. The molecule has 4 nitrogen and oxygen atoms in total. The molecule has 0 aliphatic carbocycles. The fraction of sp³-hybridized carbons (Fsp3) is 0.526. The predicted octanol–water partition coefficient (Wildman–Crippen LogP) is 3.70. The van der Waals surface area contributed by atoms with Gasteiger partial charge in [-0.25, -0.2) is 0 Å². The summed E-state index contributed by atoms with van der Waals surface area (Å²) >= 11 is 0. The number of nitrogens with one attached hydrogen (secondary N) is 1. The third kappa shape index (κ3) is 3.58. The van der Waals surface area contributed by atoms with Crippen molar-refractivity contribution in [2.45, 2.75) is 52.1 Å². The summed E-state index contributed by atoms with van der Waals surface area (Å²) in [5, 5.41) is 4.02. The molecule has 1 N–H and O–H groups in total. The Kier molecular flexibility index (Phi) is 4.71. The van der Waals surface area contributed by atoms with Crippen molar-refractivity contribution in [1.29, 1.82) is 0 Å². The van der Waals surface area contributed by atoms with Gasteiger partial charge >= 0.3 is 0 Å². The Morgan fingerprint density at radius 3 is 2.91 bits per heavy atom. The van der Waals surface area contributed by atoms with E-state index in [1.165, 1.54) is 11.1 Å². The van der Waals surface area contributed by atoms with Crippen molar-refractivity contribution >= 4 is 16.9 Å². The third-order valence-corrected chi connectivity index (χ3v) is 4.57. The van der Waals surface area contributed by atoms with E-state index in [9.17, 15) is 4.79 Å². The average molecular weight is 315 g/mol. The van der Waals surface area contributed by atoms with Crippen molar-refractivity contribution in [2.75, 3.05) is 13.2 Å². The van der Waals surface area contributed by atoms with Crippen molar-refractivity contribution in [3.63, 3.8) is 0 Å². The number of carbonyl (C=O) groups is 1. The van der Waals surface area contributed by atoms with Crippen molar-refractivity contribution in [2.24, 2.45) is 0 Å². The van der Waals surface area contributed by atoms with Crippen molar-refractivity contribution in [3.8, 4) is 0 Å². The highest BCUT2D eigenvalue weighted by molar-refractivity contribution is 5.88. The summed E-state index contributed by atoms with van der Waals surface area (Å²) in [6.45, 7) is 7.88. The van der Waals surface area contributed by atoms with Crippen LogP contribution in [0.3, 0.4) is 0 Å². The predicted molar refractivity (Wildman–Crippen MR) is 90.7 cm³/mol. The van der Waals surface area contributed by atoms with Gasteiger partial charge in [0.15, 0.2) is 0 Å². The Morgan fingerprint density at radius 1 is 1.39 bits per heavy atom. The van der Waals surface area contributed by atoms with E-state index in [0.717, 1.165) is 36.0 Å². The van der Waals surface area contributed by atoms with Crippen molar-refractivity contribution in [3.05, 3.63) is 35.1 Å². The summed E-state index contributed by atoms with van der Waals surface area (Å²) < 4.78 is 11.2. The van der Waals surface area contributed by atoms with Gasteiger partial charge in [0.1, 0.15) is 5.58 Å². The molecule has 1 fully saturated rings. The molecule has 3 rings (SSSR count). The van der Waals surface area contributed by atoms with Gasteiger partial charge in [0.2, 0.25) is 5.91 Å². The lowest BCUT2D eigenvalue weighted by Crippen LogP contribution is -2.32. The molecular weight excluding hydrogens is 290 g/mol.